The molecule has 3 N–H and O–H groups in total. The molecule has 0 atom stereocenters. The zero-order valence-corrected chi connectivity index (χ0v) is 16.3. The van der Waals surface area contributed by atoms with Gasteiger partial charge in [0.05, 0.1) is 29.6 Å². The van der Waals surface area contributed by atoms with Crippen molar-refractivity contribution in [1.29, 1.82) is 0 Å². The van der Waals surface area contributed by atoms with Gasteiger partial charge < -0.3 is 15.0 Å². The lowest BCUT2D eigenvalue weighted by molar-refractivity contribution is -0.118. The first-order valence-electron chi connectivity index (χ1n) is 8.86. The summed E-state index contributed by atoms with van der Waals surface area (Å²) < 4.78 is 5.12. The van der Waals surface area contributed by atoms with Gasteiger partial charge in [0.25, 0.3) is 0 Å². The number of benzene rings is 2. The number of H-pyrrole nitrogens is 1. The first-order chi connectivity index (χ1) is 13.6. The second-order valence-corrected chi connectivity index (χ2v) is 7.08. The van der Waals surface area contributed by atoms with Crippen LogP contribution in [-0.4, -0.2) is 46.9 Å². The maximum atomic E-state index is 12.0. The molecule has 0 radical (unpaired) electrons. The third-order valence-electron chi connectivity index (χ3n) is 4.01. The molecule has 0 aliphatic rings. The number of ether oxygens (including phenoxy) is 1. The summed E-state index contributed by atoms with van der Waals surface area (Å²) in [7, 11) is 1.63. The van der Waals surface area contributed by atoms with Crippen LogP contribution in [-0.2, 0) is 16.0 Å². The lowest BCUT2D eigenvalue weighted by Gasteiger charge is -2.06. The van der Waals surface area contributed by atoms with Gasteiger partial charge in [0.15, 0.2) is 0 Å². The van der Waals surface area contributed by atoms with Gasteiger partial charge in [-0.3, -0.25) is 14.9 Å². The molecule has 2 amide bonds. The monoisotopic (exact) mass is 398 g/mol. The summed E-state index contributed by atoms with van der Waals surface area (Å²) in [6, 6.07) is 15.3. The predicted octanol–water partition coefficient (Wildman–Crippen LogP) is 2.60. The van der Waals surface area contributed by atoms with Crippen molar-refractivity contribution in [2.75, 3.05) is 30.5 Å². The zero-order chi connectivity index (χ0) is 19.8. The molecule has 0 saturated carbocycles. The summed E-state index contributed by atoms with van der Waals surface area (Å²) in [4.78, 5) is 31.2. The molecule has 0 unspecified atom stereocenters. The number of fused-ring (bicyclic) bond motifs is 1. The van der Waals surface area contributed by atoms with Crippen molar-refractivity contribution in [1.82, 2.24) is 15.3 Å². The summed E-state index contributed by atoms with van der Waals surface area (Å²) >= 11 is 1.26. The van der Waals surface area contributed by atoms with Crippen LogP contribution in [0.2, 0.25) is 0 Å². The van der Waals surface area contributed by atoms with E-state index >= 15 is 0 Å². The van der Waals surface area contributed by atoms with Crippen LogP contribution in [0.25, 0.3) is 11.0 Å². The van der Waals surface area contributed by atoms with Gasteiger partial charge in [-0.1, -0.05) is 24.3 Å². The van der Waals surface area contributed by atoms with Crippen LogP contribution in [0.15, 0.2) is 48.5 Å². The Morgan fingerprint density at radius 2 is 1.82 bits per heavy atom. The number of amides is 2. The van der Waals surface area contributed by atoms with Gasteiger partial charge in [0.1, 0.15) is 5.75 Å². The zero-order valence-electron chi connectivity index (χ0n) is 15.5. The topological polar surface area (TPSA) is 96.1 Å². The number of hydrogen-bond acceptors (Lipinski definition) is 5. The Balaban J connectivity index is 1.32. The number of anilines is 1. The highest BCUT2D eigenvalue weighted by atomic mass is 32.2. The highest BCUT2D eigenvalue weighted by Gasteiger charge is 2.08. The SMILES string of the molecule is COc1ccc(CCNC(=O)CSCC(=O)Nc2nc3ccccc3[nH]2)cc1. The van der Waals surface area contributed by atoms with Gasteiger partial charge in [-0.15, -0.1) is 11.8 Å². The number of nitrogens with zero attached hydrogens (tertiary/aromatic N) is 1. The number of thioether (sulfide) groups is 1. The summed E-state index contributed by atoms with van der Waals surface area (Å²) in [5.41, 5.74) is 2.78. The molecule has 8 heteroatoms. The standard InChI is InChI=1S/C20H22N4O3S/c1-27-15-8-6-14(7-9-15)10-11-21-18(25)12-28-13-19(26)24-20-22-16-4-2-3-5-17(16)23-20/h2-9H,10-13H2,1H3,(H,21,25)(H2,22,23,24,26). The largest absolute Gasteiger partial charge is 0.497 e. The van der Waals surface area contributed by atoms with E-state index in [2.05, 4.69) is 20.6 Å². The Kier molecular flexibility index (Phi) is 6.91. The van der Waals surface area contributed by atoms with Crippen LogP contribution in [0.4, 0.5) is 5.95 Å². The van der Waals surface area contributed by atoms with Gasteiger partial charge in [-0.05, 0) is 36.2 Å². The number of nitrogens with one attached hydrogen (secondary N) is 3. The van der Waals surface area contributed by atoms with Crippen molar-refractivity contribution >= 4 is 40.6 Å². The van der Waals surface area contributed by atoms with Crippen molar-refractivity contribution in [2.24, 2.45) is 0 Å². The Hall–Kier alpha value is -3.00. The molecule has 1 aromatic heterocycles. The minimum absolute atomic E-state index is 0.0879. The third kappa shape index (κ3) is 5.75. The second-order valence-electron chi connectivity index (χ2n) is 6.09. The maximum Gasteiger partial charge on any atom is 0.236 e. The van der Waals surface area contributed by atoms with E-state index in [-0.39, 0.29) is 23.3 Å². The number of methoxy groups -OCH3 is 1. The molecule has 0 spiro atoms. The highest BCUT2D eigenvalue weighted by Crippen LogP contribution is 2.14. The van der Waals surface area contributed by atoms with E-state index in [1.54, 1.807) is 7.11 Å². The molecule has 146 valence electrons. The third-order valence-corrected chi connectivity index (χ3v) is 4.94. The smallest absolute Gasteiger partial charge is 0.236 e. The molecule has 0 bridgehead atoms. The fraction of sp³-hybridized carbons (Fsp3) is 0.250. The van der Waals surface area contributed by atoms with E-state index in [4.69, 9.17) is 4.74 Å². The number of hydrogen-bond donors (Lipinski definition) is 3. The van der Waals surface area contributed by atoms with Crippen LogP contribution >= 0.6 is 11.8 Å². The van der Waals surface area contributed by atoms with E-state index in [1.165, 1.54) is 11.8 Å². The molecule has 1 heterocycles. The summed E-state index contributed by atoms with van der Waals surface area (Å²) in [6.07, 6.45) is 0.743. The predicted molar refractivity (Wildman–Crippen MR) is 112 cm³/mol. The Morgan fingerprint density at radius 3 is 2.57 bits per heavy atom. The average molecular weight is 398 g/mol. The van der Waals surface area contributed by atoms with Crippen LogP contribution in [0.1, 0.15) is 5.56 Å². The van der Waals surface area contributed by atoms with Crippen LogP contribution < -0.4 is 15.4 Å². The molecule has 2 aromatic carbocycles. The lowest BCUT2D eigenvalue weighted by atomic mass is 10.1. The molecule has 0 aliphatic carbocycles. The quantitative estimate of drug-likeness (QED) is 0.515. The normalized spacial score (nSPS) is 10.6. The second kappa shape index (κ2) is 9.80. The first kappa shape index (κ1) is 19.8. The van der Waals surface area contributed by atoms with Gasteiger partial charge in [0.2, 0.25) is 17.8 Å². The fourth-order valence-corrected chi connectivity index (χ4v) is 3.25. The molecular weight excluding hydrogens is 376 g/mol. The van der Waals surface area contributed by atoms with Crippen LogP contribution in [0, 0.1) is 0 Å². The minimum atomic E-state index is -0.199. The van der Waals surface area contributed by atoms with Crippen molar-refractivity contribution in [2.45, 2.75) is 6.42 Å². The number of rotatable bonds is 9. The lowest BCUT2D eigenvalue weighted by Crippen LogP contribution is -2.28. The number of aromatic nitrogens is 2. The summed E-state index contributed by atoms with van der Waals surface area (Å²) in [6.45, 7) is 0.552. The minimum Gasteiger partial charge on any atom is -0.497 e. The van der Waals surface area contributed by atoms with Crippen molar-refractivity contribution in [3.8, 4) is 5.75 Å². The molecule has 7 nitrogen and oxygen atoms in total. The number of carbonyl (C=O) groups is 2. The van der Waals surface area contributed by atoms with E-state index in [0.29, 0.717) is 12.5 Å². The Bertz CT molecular complexity index is 907. The number of imidazole rings is 1. The molecule has 3 rings (SSSR count). The maximum absolute atomic E-state index is 12.0. The van der Waals surface area contributed by atoms with Gasteiger partial charge in [0, 0.05) is 6.54 Å². The number of aromatic amines is 1. The van der Waals surface area contributed by atoms with E-state index < -0.39 is 0 Å². The summed E-state index contributed by atoms with van der Waals surface area (Å²) in [5.74, 6) is 1.35. The number of carbonyl (C=O) groups excluding carboxylic acids is 2. The molecule has 0 fully saturated rings. The molecule has 0 aliphatic heterocycles. The fourth-order valence-electron chi connectivity index (χ4n) is 2.61. The van der Waals surface area contributed by atoms with Gasteiger partial charge in [-0.25, -0.2) is 4.98 Å². The highest BCUT2D eigenvalue weighted by molar-refractivity contribution is 8.00. The molecule has 3 aromatic rings. The molecular formula is C20H22N4O3S. The van der Waals surface area contributed by atoms with E-state index in [9.17, 15) is 9.59 Å². The number of para-hydroxylation sites is 2. The van der Waals surface area contributed by atoms with Crippen molar-refractivity contribution in [3.05, 3.63) is 54.1 Å². The Labute approximate surface area is 167 Å². The van der Waals surface area contributed by atoms with Crippen LogP contribution in [0.5, 0.6) is 5.75 Å². The van der Waals surface area contributed by atoms with E-state index in [1.807, 2.05) is 48.5 Å². The van der Waals surface area contributed by atoms with Crippen molar-refractivity contribution < 1.29 is 14.3 Å². The average Bonchev–Trinajstić information content (AvgIpc) is 3.10. The molecule has 28 heavy (non-hydrogen) atoms. The summed E-state index contributed by atoms with van der Waals surface area (Å²) in [5, 5.41) is 5.57. The van der Waals surface area contributed by atoms with Crippen LogP contribution in [0.3, 0.4) is 0 Å². The van der Waals surface area contributed by atoms with Crippen molar-refractivity contribution in [3.63, 3.8) is 0 Å². The van der Waals surface area contributed by atoms with Gasteiger partial charge >= 0.3 is 0 Å². The van der Waals surface area contributed by atoms with E-state index in [0.717, 1.165) is 28.8 Å². The first-order valence-corrected chi connectivity index (χ1v) is 10.0. The molecule has 0 saturated heterocycles. The Morgan fingerprint density at radius 1 is 1.07 bits per heavy atom. The van der Waals surface area contributed by atoms with Gasteiger partial charge in [-0.2, -0.15) is 0 Å².